The quantitative estimate of drug-likeness (QED) is 0.702. The van der Waals surface area contributed by atoms with E-state index in [2.05, 4.69) is 47.7 Å². The Kier molecular flexibility index (Phi) is 5.29. The molecule has 0 saturated heterocycles. The highest BCUT2D eigenvalue weighted by Crippen LogP contribution is 2.23. The summed E-state index contributed by atoms with van der Waals surface area (Å²) in [5.41, 5.74) is 5.10. The number of para-hydroxylation sites is 2. The maximum absolute atomic E-state index is 12.4. The molecule has 1 aromatic heterocycles. The molecule has 2 aromatic carbocycles. The number of hydrogen-bond donors (Lipinski definition) is 2. The molecular weight excluding hydrogens is 310 g/mol. The van der Waals surface area contributed by atoms with E-state index in [0.29, 0.717) is 0 Å². The van der Waals surface area contributed by atoms with E-state index in [9.17, 15) is 4.79 Å². The molecule has 3 rings (SSSR count). The molecule has 0 aliphatic carbocycles. The highest BCUT2D eigenvalue weighted by atomic mass is 16.1. The maximum atomic E-state index is 12.4. The summed E-state index contributed by atoms with van der Waals surface area (Å²) in [7, 11) is 0. The summed E-state index contributed by atoms with van der Waals surface area (Å²) in [6.07, 6.45) is 3.61. The average Bonchev–Trinajstić information content (AvgIpc) is 2.66. The van der Waals surface area contributed by atoms with E-state index in [1.165, 1.54) is 11.1 Å². The van der Waals surface area contributed by atoms with Crippen LogP contribution in [0.3, 0.4) is 0 Å². The lowest BCUT2D eigenvalue weighted by molar-refractivity contribution is -0.114. The number of hydrogen-bond acceptors (Lipinski definition) is 3. The van der Waals surface area contributed by atoms with Crippen LogP contribution < -0.4 is 10.6 Å². The second-order valence-corrected chi connectivity index (χ2v) is 5.94. The minimum Gasteiger partial charge on any atom is -0.376 e. The van der Waals surface area contributed by atoms with Crippen LogP contribution in [-0.4, -0.2) is 17.4 Å². The molecular formula is C21H23N3O. The van der Waals surface area contributed by atoms with E-state index in [4.69, 9.17) is 0 Å². The number of anilines is 2. The van der Waals surface area contributed by atoms with Crippen molar-refractivity contribution < 1.29 is 4.79 Å². The fourth-order valence-electron chi connectivity index (χ4n) is 3.04. The highest BCUT2D eigenvalue weighted by molar-refractivity contribution is 6.01. The summed E-state index contributed by atoms with van der Waals surface area (Å²) in [6.45, 7) is 4.48. The smallest absolute Gasteiger partial charge is 0.243 e. The van der Waals surface area contributed by atoms with Gasteiger partial charge in [-0.05, 0) is 36.1 Å². The van der Waals surface area contributed by atoms with Gasteiger partial charge in [-0.3, -0.25) is 9.78 Å². The molecule has 0 atom stereocenters. The van der Waals surface area contributed by atoms with Gasteiger partial charge in [0, 0.05) is 17.3 Å². The van der Waals surface area contributed by atoms with Crippen molar-refractivity contribution in [3.63, 3.8) is 0 Å². The molecule has 0 unspecified atom stereocenters. The van der Waals surface area contributed by atoms with Gasteiger partial charge in [-0.1, -0.05) is 50.2 Å². The average molecular weight is 333 g/mol. The van der Waals surface area contributed by atoms with Crippen LogP contribution in [0.25, 0.3) is 10.9 Å². The van der Waals surface area contributed by atoms with Crippen LogP contribution in [0.1, 0.15) is 25.0 Å². The predicted octanol–water partition coefficient (Wildman–Crippen LogP) is 4.41. The molecule has 0 aliphatic heterocycles. The monoisotopic (exact) mass is 333 g/mol. The van der Waals surface area contributed by atoms with Crippen molar-refractivity contribution in [1.82, 2.24) is 4.98 Å². The first-order valence-corrected chi connectivity index (χ1v) is 8.71. The summed E-state index contributed by atoms with van der Waals surface area (Å²) in [6, 6.07) is 16.0. The standard InChI is InChI=1S/C21H23N3O/c1-3-15-8-5-9-16(4-2)20(15)23-14-19(25)24-18-12-6-10-17-11-7-13-22-21(17)18/h5-13,23H,3-4,14H2,1-2H3,(H,24,25). The summed E-state index contributed by atoms with van der Waals surface area (Å²) in [5, 5.41) is 7.30. The second-order valence-electron chi connectivity index (χ2n) is 5.94. The minimum atomic E-state index is -0.0777. The lowest BCUT2D eigenvalue weighted by Crippen LogP contribution is -2.23. The van der Waals surface area contributed by atoms with Crippen LogP contribution >= 0.6 is 0 Å². The molecule has 0 aliphatic rings. The zero-order valence-electron chi connectivity index (χ0n) is 14.7. The van der Waals surface area contributed by atoms with Crippen molar-refractivity contribution >= 4 is 28.2 Å². The van der Waals surface area contributed by atoms with Crippen LogP contribution in [0, 0.1) is 0 Å². The molecule has 0 spiro atoms. The number of aryl methyl sites for hydroxylation is 2. The molecule has 3 aromatic rings. The van der Waals surface area contributed by atoms with Crippen molar-refractivity contribution in [3.8, 4) is 0 Å². The molecule has 128 valence electrons. The molecule has 1 amide bonds. The van der Waals surface area contributed by atoms with Gasteiger partial charge in [-0.2, -0.15) is 0 Å². The molecule has 1 heterocycles. The number of benzene rings is 2. The molecule has 0 bridgehead atoms. The van der Waals surface area contributed by atoms with Gasteiger partial charge >= 0.3 is 0 Å². The molecule has 2 N–H and O–H groups in total. The molecule has 25 heavy (non-hydrogen) atoms. The largest absolute Gasteiger partial charge is 0.376 e. The Morgan fingerprint density at radius 3 is 2.36 bits per heavy atom. The van der Waals surface area contributed by atoms with Crippen molar-refractivity contribution in [2.45, 2.75) is 26.7 Å². The second kappa shape index (κ2) is 7.79. The third kappa shape index (κ3) is 3.79. The van der Waals surface area contributed by atoms with Gasteiger partial charge in [0.05, 0.1) is 17.7 Å². The molecule has 0 fully saturated rings. The van der Waals surface area contributed by atoms with E-state index in [0.717, 1.165) is 35.1 Å². The van der Waals surface area contributed by atoms with Gasteiger partial charge in [0.1, 0.15) is 0 Å². The van der Waals surface area contributed by atoms with Gasteiger partial charge in [-0.25, -0.2) is 0 Å². The van der Waals surface area contributed by atoms with Crippen molar-refractivity contribution in [1.29, 1.82) is 0 Å². The SMILES string of the molecule is CCc1cccc(CC)c1NCC(=O)Nc1cccc2cccnc12. The number of fused-ring (bicyclic) bond motifs is 1. The Morgan fingerprint density at radius 1 is 0.960 bits per heavy atom. The van der Waals surface area contributed by atoms with Crippen LogP contribution in [0.15, 0.2) is 54.7 Å². The first-order chi connectivity index (χ1) is 12.2. The number of pyridine rings is 1. The number of aromatic nitrogens is 1. The molecule has 4 heteroatoms. The maximum Gasteiger partial charge on any atom is 0.243 e. The third-order valence-electron chi connectivity index (χ3n) is 4.33. The Morgan fingerprint density at radius 2 is 1.64 bits per heavy atom. The summed E-state index contributed by atoms with van der Waals surface area (Å²) in [5.74, 6) is -0.0777. The minimum absolute atomic E-state index is 0.0777. The number of carbonyl (C=O) groups excluding carboxylic acids is 1. The fourth-order valence-corrected chi connectivity index (χ4v) is 3.04. The van der Waals surface area contributed by atoms with Gasteiger partial charge in [0.2, 0.25) is 5.91 Å². The first kappa shape index (κ1) is 17.0. The fraction of sp³-hybridized carbons (Fsp3) is 0.238. The molecule has 0 radical (unpaired) electrons. The number of rotatable bonds is 6. The van der Waals surface area contributed by atoms with E-state index in [1.54, 1.807) is 6.20 Å². The summed E-state index contributed by atoms with van der Waals surface area (Å²) < 4.78 is 0. The lowest BCUT2D eigenvalue weighted by Gasteiger charge is -2.15. The van der Waals surface area contributed by atoms with Gasteiger partial charge in [0.15, 0.2) is 0 Å². The number of nitrogens with one attached hydrogen (secondary N) is 2. The van der Waals surface area contributed by atoms with Crippen LogP contribution in [0.5, 0.6) is 0 Å². The normalized spacial score (nSPS) is 10.6. The van der Waals surface area contributed by atoms with Crippen LogP contribution in [0.2, 0.25) is 0 Å². The van der Waals surface area contributed by atoms with Crippen molar-refractivity contribution in [2.24, 2.45) is 0 Å². The Balaban J connectivity index is 1.73. The van der Waals surface area contributed by atoms with Crippen molar-refractivity contribution in [2.75, 3.05) is 17.2 Å². The first-order valence-electron chi connectivity index (χ1n) is 8.71. The number of carbonyl (C=O) groups is 1. The zero-order chi connectivity index (χ0) is 17.6. The topological polar surface area (TPSA) is 54.0 Å². The summed E-state index contributed by atoms with van der Waals surface area (Å²) in [4.78, 5) is 16.8. The van der Waals surface area contributed by atoms with Crippen LogP contribution in [-0.2, 0) is 17.6 Å². The van der Waals surface area contributed by atoms with Gasteiger partial charge < -0.3 is 10.6 Å². The molecule has 0 saturated carbocycles. The highest BCUT2D eigenvalue weighted by Gasteiger charge is 2.10. The number of nitrogens with zero attached hydrogens (tertiary/aromatic N) is 1. The zero-order valence-corrected chi connectivity index (χ0v) is 14.7. The van der Waals surface area contributed by atoms with Gasteiger partial charge in [0.25, 0.3) is 0 Å². The van der Waals surface area contributed by atoms with E-state index in [-0.39, 0.29) is 12.5 Å². The van der Waals surface area contributed by atoms with E-state index in [1.807, 2.05) is 30.3 Å². The summed E-state index contributed by atoms with van der Waals surface area (Å²) >= 11 is 0. The molecule has 4 nitrogen and oxygen atoms in total. The van der Waals surface area contributed by atoms with Crippen LogP contribution in [0.4, 0.5) is 11.4 Å². The van der Waals surface area contributed by atoms with Gasteiger partial charge in [-0.15, -0.1) is 0 Å². The Labute approximate surface area is 148 Å². The van der Waals surface area contributed by atoms with E-state index >= 15 is 0 Å². The Bertz CT molecular complexity index is 862. The number of amides is 1. The lowest BCUT2D eigenvalue weighted by atomic mass is 10.0. The van der Waals surface area contributed by atoms with E-state index < -0.39 is 0 Å². The van der Waals surface area contributed by atoms with Crippen molar-refractivity contribution in [3.05, 3.63) is 65.9 Å². The Hall–Kier alpha value is -2.88. The third-order valence-corrected chi connectivity index (χ3v) is 4.33. The predicted molar refractivity (Wildman–Crippen MR) is 104 cm³/mol.